The Balaban J connectivity index is 1.53. The quantitative estimate of drug-likeness (QED) is 0.706. The normalized spacial score (nSPS) is 13.2. The van der Waals surface area contributed by atoms with Crippen LogP contribution in [0.4, 0.5) is 17.2 Å². The first kappa shape index (κ1) is 16.6. The highest BCUT2D eigenvalue weighted by Gasteiger charge is 2.18. The molecule has 3 aromatic rings. The Morgan fingerprint density at radius 2 is 1.85 bits per heavy atom. The molecule has 26 heavy (non-hydrogen) atoms. The van der Waals surface area contributed by atoms with Gasteiger partial charge >= 0.3 is 0 Å². The molecule has 2 aromatic carbocycles. The number of carbonyl (C=O) groups is 1. The minimum atomic E-state index is -0.242. The molecule has 2 heterocycles. The van der Waals surface area contributed by atoms with Gasteiger partial charge in [0.05, 0.1) is 22.5 Å². The number of hydrogen-bond donors (Lipinski definition) is 1. The van der Waals surface area contributed by atoms with Gasteiger partial charge in [0.25, 0.3) is 5.91 Å². The number of aromatic nitrogens is 1. The number of fused-ring (bicyclic) bond motifs is 1. The van der Waals surface area contributed by atoms with Crippen molar-refractivity contribution in [2.75, 3.05) is 16.8 Å². The van der Waals surface area contributed by atoms with Gasteiger partial charge in [-0.3, -0.25) is 4.79 Å². The molecule has 4 rings (SSSR count). The van der Waals surface area contributed by atoms with Gasteiger partial charge < -0.3 is 10.2 Å². The Morgan fingerprint density at radius 1 is 1.04 bits per heavy atom. The van der Waals surface area contributed by atoms with Crippen LogP contribution in [0.1, 0.15) is 22.3 Å². The molecule has 4 nitrogen and oxygen atoms in total. The molecule has 0 saturated carbocycles. The van der Waals surface area contributed by atoms with Crippen molar-refractivity contribution in [3.63, 3.8) is 0 Å². The molecular weight excluding hydrogens is 346 g/mol. The van der Waals surface area contributed by atoms with Gasteiger partial charge in [-0.1, -0.05) is 41.9 Å². The zero-order valence-corrected chi connectivity index (χ0v) is 14.9. The molecule has 0 aliphatic carbocycles. The maximum atomic E-state index is 12.4. The van der Waals surface area contributed by atoms with Gasteiger partial charge in [0, 0.05) is 12.2 Å². The molecule has 0 saturated heterocycles. The van der Waals surface area contributed by atoms with Crippen LogP contribution in [-0.4, -0.2) is 17.4 Å². The number of para-hydroxylation sites is 1. The number of pyridine rings is 1. The lowest BCUT2D eigenvalue weighted by Gasteiger charge is -2.30. The molecule has 1 N–H and O–H groups in total. The largest absolute Gasteiger partial charge is 0.326 e. The minimum Gasteiger partial charge on any atom is -0.326 e. The van der Waals surface area contributed by atoms with Crippen molar-refractivity contribution in [1.29, 1.82) is 0 Å². The number of rotatable bonds is 3. The van der Waals surface area contributed by atoms with Gasteiger partial charge in [-0.15, -0.1) is 0 Å². The second-order valence-corrected chi connectivity index (χ2v) is 6.63. The monoisotopic (exact) mass is 363 g/mol. The van der Waals surface area contributed by atoms with Gasteiger partial charge in [0.2, 0.25) is 0 Å². The van der Waals surface area contributed by atoms with Crippen molar-refractivity contribution in [3.8, 4) is 0 Å². The highest BCUT2D eigenvalue weighted by molar-refractivity contribution is 6.34. The Bertz CT molecular complexity index is 940. The summed E-state index contributed by atoms with van der Waals surface area (Å²) in [7, 11) is 0. The van der Waals surface area contributed by atoms with Crippen LogP contribution in [0, 0.1) is 0 Å². The third-order valence-electron chi connectivity index (χ3n) is 4.51. The summed E-state index contributed by atoms with van der Waals surface area (Å²) in [5.41, 5.74) is 3.64. The molecule has 5 heteroatoms. The van der Waals surface area contributed by atoms with E-state index < -0.39 is 0 Å². The Labute approximate surface area is 157 Å². The summed E-state index contributed by atoms with van der Waals surface area (Å²) in [5, 5.41) is 3.27. The zero-order valence-electron chi connectivity index (χ0n) is 14.2. The fourth-order valence-electron chi connectivity index (χ4n) is 3.24. The smallest absolute Gasteiger partial charge is 0.257 e. The van der Waals surface area contributed by atoms with Crippen LogP contribution in [0.5, 0.6) is 0 Å². The zero-order chi connectivity index (χ0) is 17.9. The summed E-state index contributed by atoms with van der Waals surface area (Å²) in [5.74, 6) is 0.640. The van der Waals surface area contributed by atoms with Crippen LogP contribution < -0.4 is 10.2 Å². The van der Waals surface area contributed by atoms with Crippen molar-refractivity contribution < 1.29 is 4.79 Å². The van der Waals surface area contributed by atoms with Gasteiger partial charge in [-0.05, 0) is 48.7 Å². The Hall–Kier alpha value is -2.85. The van der Waals surface area contributed by atoms with E-state index in [1.165, 1.54) is 11.3 Å². The van der Waals surface area contributed by atoms with Crippen LogP contribution in [0.25, 0.3) is 0 Å². The van der Waals surface area contributed by atoms with E-state index in [4.69, 9.17) is 11.6 Å². The first-order chi connectivity index (χ1) is 12.7. The molecule has 0 atom stereocenters. The van der Waals surface area contributed by atoms with E-state index in [1.807, 2.05) is 12.1 Å². The Kier molecular flexibility index (Phi) is 4.59. The fraction of sp³-hybridized carbons (Fsp3) is 0.143. The number of aryl methyl sites for hydroxylation is 1. The summed E-state index contributed by atoms with van der Waals surface area (Å²) in [6, 6.07) is 19.2. The molecule has 0 unspecified atom stereocenters. The number of carbonyl (C=O) groups excluding carboxylic acids is 1. The molecule has 130 valence electrons. The fourth-order valence-corrected chi connectivity index (χ4v) is 3.46. The maximum Gasteiger partial charge on any atom is 0.257 e. The summed E-state index contributed by atoms with van der Waals surface area (Å²) in [6.07, 6.45) is 3.88. The maximum absolute atomic E-state index is 12.4. The number of halogens is 1. The second-order valence-electron chi connectivity index (χ2n) is 6.22. The number of nitrogens with one attached hydrogen (secondary N) is 1. The molecule has 1 amide bonds. The molecule has 0 spiro atoms. The third-order valence-corrected chi connectivity index (χ3v) is 4.84. The molecule has 1 aromatic heterocycles. The van der Waals surface area contributed by atoms with Gasteiger partial charge in [0.15, 0.2) is 0 Å². The topological polar surface area (TPSA) is 45.2 Å². The highest BCUT2D eigenvalue weighted by Crippen LogP contribution is 2.32. The molecule has 0 bridgehead atoms. The third kappa shape index (κ3) is 3.28. The van der Waals surface area contributed by atoms with Crippen molar-refractivity contribution in [3.05, 3.63) is 83.0 Å². The van der Waals surface area contributed by atoms with Crippen LogP contribution in [0.3, 0.4) is 0 Å². The lowest BCUT2D eigenvalue weighted by molar-refractivity contribution is 0.102. The highest BCUT2D eigenvalue weighted by atomic mass is 35.5. The first-order valence-corrected chi connectivity index (χ1v) is 8.97. The number of nitrogens with zero attached hydrogens (tertiary/aromatic N) is 2. The molecule has 1 aliphatic heterocycles. The number of benzene rings is 2. The number of hydrogen-bond acceptors (Lipinski definition) is 3. The Morgan fingerprint density at radius 3 is 2.65 bits per heavy atom. The van der Waals surface area contributed by atoms with Crippen molar-refractivity contribution >= 4 is 34.7 Å². The molecule has 0 fully saturated rings. The average molecular weight is 364 g/mol. The van der Waals surface area contributed by atoms with Gasteiger partial charge in [-0.2, -0.15) is 0 Å². The minimum absolute atomic E-state index is 0.242. The number of amides is 1. The lowest BCUT2D eigenvalue weighted by atomic mass is 10.0. The van der Waals surface area contributed by atoms with Gasteiger partial charge in [-0.25, -0.2) is 4.98 Å². The molecule has 1 aliphatic rings. The van der Waals surface area contributed by atoms with Crippen molar-refractivity contribution in [1.82, 2.24) is 4.98 Å². The molecular formula is C21H18ClN3O. The van der Waals surface area contributed by atoms with Crippen LogP contribution >= 0.6 is 11.6 Å². The van der Waals surface area contributed by atoms with E-state index >= 15 is 0 Å². The average Bonchev–Trinajstić information content (AvgIpc) is 2.68. The predicted molar refractivity (Wildman–Crippen MR) is 105 cm³/mol. The summed E-state index contributed by atoms with van der Waals surface area (Å²) in [4.78, 5) is 19.1. The van der Waals surface area contributed by atoms with E-state index in [-0.39, 0.29) is 5.91 Å². The van der Waals surface area contributed by atoms with E-state index in [0.717, 1.165) is 25.2 Å². The van der Waals surface area contributed by atoms with Crippen molar-refractivity contribution in [2.24, 2.45) is 0 Å². The summed E-state index contributed by atoms with van der Waals surface area (Å²) >= 11 is 6.08. The number of anilines is 3. The van der Waals surface area contributed by atoms with Gasteiger partial charge in [0.1, 0.15) is 5.82 Å². The summed E-state index contributed by atoms with van der Waals surface area (Å²) in [6.45, 7) is 0.940. The predicted octanol–water partition coefficient (Wildman–Crippen LogP) is 5.07. The molecule has 0 radical (unpaired) electrons. The van der Waals surface area contributed by atoms with E-state index in [1.54, 1.807) is 30.5 Å². The SMILES string of the molecule is O=C(Nc1ccc(N2CCCc3ccccc32)nc1)c1ccccc1Cl. The van der Waals surface area contributed by atoms with Crippen LogP contribution in [0.2, 0.25) is 5.02 Å². The van der Waals surface area contributed by atoms with Crippen LogP contribution in [-0.2, 0) is 6.42 Å². The standard InChI is InChI=1S/C21H18ClN3O/c22-18-9-3-2-8-17(18)21(26)24-16-11-12-20(23-14-16)25-13-5-7-15-6-1-4-10-19(15)25/h1-4,6,8-12,14H,5,7,13H2,(H,24,26). The van der Waals surface area contributed by atoms with Crippen LogP contribution in [0.15, 0.2) is 66.9 Å². The van der Waals surface area contributed by atoms with Crippen molar-refractivity contribution in [2.45, 2.75) is 12.8 Å². The lowest BCUT2D eigenvalue weighted by Crippen LogP contribution is -2.25. The second kappa shape index (κ2) is 7.18. The summed E-state index contributed by atoms with van der Waals surface area (Å²) < 4.78 is 0. The van der Waals surface area contributed by atoms with E-state index in [0.29, 0.717) is 16.3 Å². The van der Waals surface area contributed by atoms with E-state index in [2.05, 4.69) is 39.5 Å². The van der Waals surface area contributed by atoms with E-state index in [9.17, 15) is 4.79 Å². The first-order valence-electron chi connectivity index (χ1n) is 8.60.